The number of thiophene rings is 1. The number of rotatable bonds is 6. The van der Waals surface area contributed by atoms with E-state index in [2.05, 4.69) is 10.5 Å². The van der Waals surface area contributed by atoms with Crippen molar-refractivity contribution in [1.29, 1.82) is 0 Å². The Morgan fingerprint density at radius 2 is 1.89 bits per heavy atom. The molecule has 0 atom stereocenters. The van der Waals surface area contributed by atoms with E-state index in [9.17, 15) is 9.59 Å². The van der Waals surface area contributed by atoms with Crippen LogP contribution in [0.5, 0.6) is 0 Å². The number of nitrogens with one attached hydrogen (secondary N) is 1. The molecule has 0 aliphatic heterocycles. The van der Waals surface area contributed by atoms with Gasteiger partial charge in [0.2, 0.25) is 0 Å². The van der Waals surface area contributed by atoms with E-state index < -0.39 is 0 Å². The van der Waals surface area contributed by atoms with Crippen molar-refractivity contribution in [3.05, 3.63) is 86.0 Å². The maximum Gasteiger partial charge on any atom is 0.267 e. The number of halogens is 1. The third kappa shape index (κ3) is 4.91. The molecular weight excluding hydrogens is 500 g/mol. The first-order valence-corrected chi connectivity index (χ1v) is 13.5. The van der Waals surface area contributed by atoms with Crippen LogP contribution in [0.15, 0.2) is 69.6 Å². The summed E-state index contributed by atoms with van der Waals surface area (Å²) in [7, 11) is 0. The molecule has 0 saturated heterocycles. The summed E-state index contributed by atoms with van der Waals surface area (Å²) in [4.78, 5) is 33.2. The second kappa shape index (κ2) is 10.4. The normalized spacial score (nSPS) is 13.6. The lowest BCUT2D eigenvalue weighted by molar-refractivity contribution is -0.118. The summed E-state index contributed by atoms with van der Waals surface area (Å²) < 4.78 is 1.63. The standard InChI is InChI=1S/C26H23ClN4O2S2/c1-16(18-11-5-7-13-20(18)27)29-30-22(32)15-34-26-28-24-23(19-12-6-8-14-21(19)35-24)25(33)31(26)17-9-3-2-4-10-17/h2-5,7,9-11,13H,6,8,12,14-15H2,1H3,(H,30,32)/b29-16-. The number of aryl methyl sites for hydroxylation is 2. The van der Waals surface area contributed by atoms with Crippen molar-refractivity contribution in [3.63, 3.8) is 0 Å². The Balaban J connectivity index is 1.44. The summed E-state index contributed by atoms with van der Waals surface area (Å²) in [6.07, 6.45) is 4.14. The lowest BCUT2D eigenvalue weighted by Gasteiger charge is -2.13. The average Bonchev–Trinajstić information content (AvgIpc) is 3.25. The molecule has 2 heterocycles. The molecule has 178 valence electrons. The van der Waals surface area contributed by atoms with Crippen LogP contribution >= 0.6 is 34.7 Å². The fourth-order valence-electron chi connectivity index (χ4n) is 4.21. The van der Waals surface area contributed by atoms with Crippen LogP contribution in [0, 0.1) is 0 Å². The monoisotopic (exact) mass is 522 g/mol. The molecule has 0 unspecified atom stereocenters. The van der Waals surface area contributed by atoms with Crippen LogP contribution < -0.4 is 11.0 Å². The van der Waals surface area contributed by atoms with E-state index in [0.29, 0.717) is 15.9 Å². The Labute approximate surface area is 216 Å². The first kappa shape index (κ1) is 23.8. The molecule has 1 N–H and O–H groups in total. The fraction of sp³-hybridized carbons (Fsp3) is 0.231. The van der Waals surface area contributed by atoms with Gasteiger partial charge in [0, 0.05) is 15.5 Å². The molecule has 0 saturated carbocycles. The number of benzene rings is 2. The van der Waals surface area contributed by atoms with E-state index in [1.54, 1.807) is 28.9 Å². The lowest BCUT2D eigenvalue weighted by atomic mass is 9.97. The Morgan fingerprint density at radius 3 is 2.69 bits per heavy atom. The predicted molar refractivity (Wildman–Crippen MR) is 144 cm³/mol. The van der Waals surface area contributed by atoms with Gasteiger partial charge in [-0.3, -0.25) is 14.2 Å². The first-order valence-electron chi connectivity index (χ1n) is 11.4. The van der Waals surface area contributed by atoms with Crippen molar-refractivity contribution in [1.82, 2.24) is 15.0 Å². The van der Waals surface area contributed by atoms with Crippen molar-refractivity contribution < 1.29 is 4.79 Å². The molecule has 2 aromatic heterocycles. The largest absolute Gasteiger partial charge is 0.272 e. The summed E-state index contributed by atoms with van der Waals surface area (Å²) in [6.45, 7) is 1.79. The summed E-state index contributed by atoms with van der Waals surface area (Å²) in [5.41, 5.74) is 5.77. The van der Waals surface area contributed by atoms with Crippen LogP contribution in [0.4, 0.5) is 0 Å². The number of carbonyl (C=O) groups excluding carboxylic acids is 1. The Bertz CT molecular complexity index is 1490. The van der Waals surface area contributed by atoms with E-state index >= 15 is 0 Å². The zero-order valence-corrected chi connectivity index (χ0v) is 21.5. The van der Waals surface area contributed by atoms with Crippen molar-refractivity contribution in [2.75, 3.05) is 5.75 Å². The van der Waals surface area contributed by atoms with Crippen molar-refractivity contribution in [2.45, 2.75) is 37.8 Å². The summed E-state index contributed by atoms with van der Waals surface area (Å²) >= 11 is 9.05. The number of para-hydroxylation sites is 1. The SMILES string of the molecule is C/C(=N/NC(=O)CSc1nc2sc3c(c2c(=O)n1-c1ccccc1)CCCC3)c1ccccc1Cl. The minimum Gasteiger partial charge on any atom is -0.272 e. The molecule has 5 rings (SSSR count). The zero-order valence-electron chi connectivity index (χ0n) is 19.1. The number of amides is 1. The van der Waals surface area contributed by atoms with Gasteiger partial charge in [0.05, 0.1) is 22.5 Å². The van der Waals surface area contributed by atoms with Crippen LogP contribution in [0.3, 0.4) is 0 Å². The van der Waals surface area contributed by atoms with Crippen molar-refractivity contribution >= 4 is 56.5 Å². The Morgan fingerprint density at radius 1 is 1.14 bits per heavy atom. The number of nitrogens with zero attached hydrogens (tertiary/aromatic N) is 3. The van der Waals surface area contributed by atoms with E-state index in [1.807, 2.05) is 48.5 Å². The quantitative estimate of drug-likeness (QED) is 0.154. The third-order valence-electron chi connectivity index (χ3n) is 5.92. The second-order valence-corrected chi connectivity index (χ2v) is 10.7. The molecule has 35 heavy (non-hydrogen) atoms. The smallest absolute Gasteiger partial charge is 0.267 e. The molecule has 0 fully saturated rings. The number of carbonyl (C=O) groups is 1. The Hall–Kier alpha value is -2.94. The van der Waals surface area contributed by atoms with Gasteiger partial charge in [0.15, 0.2) is 5.16 Å². The molecule has 2 aromatic carbocycles. The average molecular weight is 523 g/mol. The van der Waals surface area contributed by atoms with Gasteiger partial charge in [-0.25, -0.2) is 10.4 Å². The lowest BCUT2D eigenvalue weighted by Crippen LogP contribution is -2.24. The topological polar surface area (TPSA) is 76.3 Å². The highest BCUT2D eigenvalue weighted by molar-refractivity contribution is 7.99. The predicted octanol–water partition coefficient (Wildman–Crippen LogP) is 5.61. The fourth-order valence-corrected chi connectivity index (χ4v) is 6.59. The van der Waals surface area contributed by atoms with Gasteiger partial charge in [-0.1, -0.05) is 59.8 Å². The van der Waals surface area contributed by atoms with E-state index in [1.165, 1.54) is 16.6 Å². The van der Waals surface area contributed by atoms with Gasteiger partial charge in [0.1, 0.15) is 4.83 Å². The minimum absolute atomic E-state index is 0.0647. The van der Waals surface area contributed by atoms with Gasteiger partial charge in [0.25, 0.3) is 11.5 Å². The molecule has 4 aromatic rings. The number of hydrogen-bond donors (Lipinski definition) is 1. The molecule has 0 radical (unpaired) electrons. The van der Waals surface area contributed by atoms with E-state index in [4.69, 9.17) is 16.6 Å². The highest BCUT2D eigenvalue weighted by Crippen LogP contribution is 2.35. The number of thioether (sulfide) groups is 1. The summed E-state index contributed by atoms with van der Waals surface area (Å²) in [5.74, 6) is -0.226. The number of hydrogen-bond acceptors (Lipinski definition) is 6. The second-order valence-electron chi connectivity index (χ2n) is 8.26. The van der Waals surface area contributed by atoms with Crippen LogP contribution in [0.2, 0.25) is 5.02 Å². The molecular formula is C26H23ClN4O2S2. The molecule has 0 bridgehead atoms. The van der Waals surface area contributed by atoms with E-state index in [0.717, 1.165) is 52.7 Å². The number of hydrazone groups is 1. The zero-order chi connectivity index (χ0) is 24.4. The molecule has 1 amide bonds. The van der Waals surface area contributed by atoms with Crippen LogP contribution in [-0.4, -0.2) is 26.9 Å². The van der Waals surface area contributed by atoms with Gasteiger partial charge < -0.3 is 0 Å². The summed E-state index contributed by atoms with van der Waals surface area (Å²) in [6, 6.07) is 16.8. The van der Waals surface area contributed by atoms with E-state index in [-0.39, 0.29) is 17.2 Å². The van der Waals surface area contributed by atoms with Gasteiger partial charge >= 0.3 is 0 Å². The van der Waals surface area contributed by atoms with Gasteiger partial charge in [-0.2, -0.15) is 5.10 Å². The summed E-state index contributed by atoms with van der Waals surface area (Å²) in [5, 5.41) is 5.98. The maximum absolute atomic E-state index is 13.7. The number of aromatic nitrogens is 2. The highest BCUT2D eigenvalue weighted by Gasteiger charge is 2.23. The van der Waals surface area contributed by atoms with Crippen molar-refractivity contribution in [3.8, 4) is 5.69 Å². The maximum atomic E-state index is 13.7. The molecule has 6 nitrogen and oxygen atoms in total. The van der Waals surface area contributed by atoms with Crippen LogP contribution in [-0.2, 0) is 17.6 Å². The third-order valence-corrected chi connectivity index (χ3v) is 8.37. The number of fused-ring (bicyclic) bond motifs is 3. The van der Waals surface area contributed by atoms with Gasteiger partial charge in [-0.15, -0.1) is 11.3 Å². The van der Waals surface area contributed by atoms with Crippen LogP contribution in [0.1, 0.15) is 35.8 Å². The molecule has 1 aliphatic carbocycles. The van der Waals surface area contributed by atoms with Crippen LogP contribution in [0.25, 0.3) is 15.9 Å². The first-order chi connectivity index (χ1) is 17.0. The highest BCUT2D eigenvalue weighted by atomic mass is 35.5. The van der Waals surface area contributed by atoms with Crippen molar-refractivity contribution in [2.24, 2.45) is 5.10 Å². The molecule has 9 heteroatoms. The Kier molecular flexibility index (Phi) is 7.04. The van der Waals surface area contributed by atoms with Gasteiger partial charge in [-0.05, 0) is 56.4 Å². The minimum atomic E-state index is -0.291. The molecule has 1 aliphatic rings. The molecule has 0 spiro atoms.